The SMILES string of the molecule is Nc1nccc(-c2ccccc2O)c1C1CC1.[H-].[K+]. The molecule has 1 aromatic carbocycles. The second-order valence-corrected chi connectivity index (χ2v) is 4.45. The van der Waals surface area contributed by atoms with Crippen molar-refractivity contribution in [2.24, 2.45) is 0 Å². The van der Waals surface area contributed by atoms with Crippen LogP contribution in [-0.4, -0.2) is 10.1 Å². The Morgan fingerprint density at radius 2 is 1.89 bits per heavy atom. The van der Waals surface area contributed by atoms with Gasteiger partial charge in [-0.05, 0) is 36.5 Å². The third-order valence-corrected chi connectivity index (χ3v) is 3.20. The number of hydrogen-bond acceptors (Lipinski definition) is 3. The molecule has 3 nitrogen and oxygen atoms in total. The Labute approximate surface area is 150 Å². The van der Waals surface area contributed by atoms with Gasteiger partial charge in [0.05, 0.1) is 0 Å². The number of aromatic hydroxyl groups is 1. The quantitative estimate of drug-likeness (QED) is 0.754. The van der Waals surface area contributed by atoms with Crippen molar-refractivity contribution in [3.05, 3.63) is 42.1 Å². The van der Waals surface area contributed by atoms with Gasteiger partial charge < -0.3 is 12.3 Å². The number of nitrogens with two attached hydrogens (primary N) is 1. The van der Waals surface area contributed by atoms with Crippen molar-refractivity contribution in [2.75, 3.05) is 5.73 Å². The normalized spacial score (nSPS) is 14.0. The summed E-state index contributed by atoms with van der Waals surface area (Å²) < 4.78 is 0. The molecule has 3 rings (SSSR count). The predicted molar refractivity (Wildman–Crippen MR) is 68.8 cm³/mol. The second kappa shape index (κ2) is 5.71. The molecule has 0 atom stereocenters. The predicted octanol–water partition coefficient (Wildman–Crippen LogP) is 0.0303. The molecule has 3 N–H and O–H groups in total. The Morgan fingerprint density at radius 1 is 1.17 bits per heavy atom. The summed E-state index contributed by atoms with van der Waals surface area (Å²) in [6, 6.07) is 9.28. The molecule has 0 radical (unpaired) electrons. The Bertz CT molecular complexity index is 573. The molecule has 88 valence electrons. The van der Waals surface area contributed by atoms with Gasteiger partial charge in [-0.3, -0.25) is 0 Å². The van der Waals surface area contributed by atoms with Gasteiger partial charge in [-0.2, -0.15) is 0 Å². The number of anilines is 1. The minimum absolute atomic E-state index is 0. The summed E-state index contributed by atoms with van der Waals surface area (Å²) in [5.74, 6) is 1.39. The first-order valence-electron chi connectivity index (χ1n) is 5.80. The zero-order chi connectivity index (χ0) is 11.8. The van der Waals surface area contributed by atoms with Crippen LogP contribution in [0.15, 0.2) is 36.5 Å². The summed E-state index contributed by atoms with van der Waals surface area (Å²) in [7, 11) is 0. The molecule has 0 amide bonds. The van der Waals surface area contributed by atoms with Crippen LogP contribution in [0.5, 0.6) is 5.75 Å². The van der Waals surface area contributed by atoms with Gasteiger partial charge in [-0.15, -0.1) is 0 Å². The van der Waals surface area contributed by atoms with Crippen LogP contribution in [0.1, 0.15) is 25.7 Å². The van der Waals surface area contributed by atoms with E-state index in [1.807, 2.05) is 24.3 Å². The summed E-state index contributed by atoms with van der Waals surface area (Å²) in [5.41, 5.74) is 8.90. The Hall–Kier alpha value is -0.394. The molecule has 0 spiro atoms. The number of para-hydroxylation sites is 1. The first-order valence-corrected chi connectivity index (χ1v) is 5.80. The fraction of sp³-hybridized carbons (Fsp3) is 0.214. The molecular formula is C14H15KN2O. The summed E-state index contributed by atoms with van der Waals surface area (Å²) in [6.45, 7) is 0. The number of benzene rings is 1. The van der Waals surface area contributed by atoms with Crippen LogP contribution in [0.2, 0.25) is 0 Å². The van der Waals surface area contributed by atoms with E-state index in [9.17, 15) is 5.11 Å². The molecule has 0 aliphatic heterocycles. The standard InChI is InChI=1S/C14H14N2O.K.H/c15-14-13(9-5-6-9)11(7-8-16-14)10-3-1-2-4-12(10)17;;/h1-4,7-9,17H,5-6H2,(H2,15,16);;/q;+1;-1. The third kappa shape index (κ3) is 2.63. The van der Waals surface area contributed by atoms with Gasteiger partial charge in [-0.25, -0.2) is 4.98 Å². The van der Waals surface area contributed by atoms with E-state index in [2.05, 4.69) is 4.98 Å². The van der Waals surface area contributed by atoms with E-state index in [4.69, 9.17) is 5.73 Å². The average Bonchev–Trinajstić information content (AvgIpc) is 3.13. The Balaban J connectivity index is 0.000000902. The molecule has 0 bridgehead atoms. The summed E-state index contributed by atoms with van der Waals surface area (Å²) >= 11 is 0. The third-order valence-electron chi connectivity index (χ3n) is 3.20. The van der Waals surface area contributed by atoms with Crippen LogP contribution in [0, 0.1) is 0 Å². The van der Waals surface area contributed by atoms with E-state index >= 15 is 0 Å². The van der Waals surface area contributed by atoms with Crippen molar-refractivity contribution in [2.45, 2.75) is 18.8 Å². The van der Waals surface area contributed by atoms with Gasteiger partial charge in [0.25, 0.3) is 0 Å². The van der Waals surface area contributed by atoms with Crippen LogP contribution >= 0.6 is 0 Å². The van der Waals surface area contributed by atoms with Crippen molar-refractivity contribution in [3.8, 4) is 16.9 Å². The minimum atomic E-state index is 0. The first kappa shape index (κ1) is 14.0. The summed E-state index contributed by atoms with van der Waals surface area (Å²) in [4.78, 5) is 4.15. The largest absolute Gasteiger partial charge is 1.00 e. The topological polar surface area (TPSA) is 59.1 Å². The van der Waals surface area contributed by atoms with Crippen LogP contribution in [0.3, 0.4) is 0 Å². The minimum Gasteiger partial charge on any atom is -1.00 e. The first-order chi connectivity index (χ1) is 8.27. The number of rotatable bonds is 2. The summed E-state index contributed by atoms with van der Waals surface area (Å²) in [6.07, 6.45) is 4.02. The van der Waals surface area contributed by atoms with Gasteiger partial charge in [0.1, 0.15) is 11.6 Å². The molecule has 1 aromatic heterocycles. The second-order valence-electron chi connectivity index (χ2n) is 4.45. The smallest absolute Gasteiger partial charge is 1.00 e. The van der Waals surface area contributed by atoms with E-state index in [1.165, 1.54) is 0 Å². The van der Waals surface area contributed by atoms with Crippen molar-refractivity contribution < 1.29 is 57.9 Å². The fourth-order valence-corrected chi connectivity index (χ4v) is 2.23. The zero-order valence-electron chi connectivity index (χ0n) is 11.4. The van der Waals surface area contributed by atoms with Crippen molar-refractivity contribution in [3.63, 3.8) is 0 Å². The Morgan fingerprint density at radius 3 is 2.56 bits per heavy atom. The molecule has 0 unspecified atom stereocenters. The molecule has 2 aromatic rings. The number of nitrogens with zero attached hydrogens (tertiary/aromatic N) is 1. The van der Waals surface area contributed by atoms with Crippen molar-refractivity contribution in [1.82, 2.24) is 4.98 Å². The van der Waals surface area contributed by atoms with Crippen molar-refractivity contribution in [1.29, 1.82) is 0 Å². The molecule has 1 heterocycles. The van der Waals surface area contributed by atoms with Gasteiger partial charge in [0, 0.05) is 17.3 Å². The van der Waals surface area contributed by atoms with Crippen LogP contribution < -0.4 is 57.1 Å². The number of pyridine rings is 1. The van der Waals surface area contributed by atoms with E-state index in [-0.39, 0.29) is 52.8 Å². The monoisotopic (exact) mass is 266 g/mol. The average molecular weight is 266 g/mol. The maximum atomic E-state index is 9.92. The maximum absolute atomic E-state index is 9.92. The van der Waals surface area contributed by atoms with Gasteiger partial charge in [0.15, 0.2) is 0 Å². The number of phenolic OH excluding ortho intramolecular Hbond substituents is 1. The van der Waals surface area contributed by atoms with Crippen LogP contribution in [0.25, 0.3) is 11.1 Å². The van der Waals surface area contributed by atoms with Crippen LogP contribution in [-0.2, 0) is 0 Å². The van der Waals surface area contributed by atoms with E-state index in [0.29, 0.717) is 17.5 Å². The zero-order valence-corrected chi connectivity index (χ0v) is 13.6. The molecule has 1 aliphatic carbocycles. The van der Waals surface area contributed by atoms with Crippen molar-refractivity contribution >= 4 is 5.82 Å². The van der Waals surface area contributed by atoms with Gasteiger partial charge >= 0.3 is 51.4 Å². The van der Waals surface area contributed by atoms with Gasteiger partial charge in [-0.1, -0.05) is 18.2 Å². The number of nitrogen functional groups attached to an aromatic ring is 1. The van der Waals surface area contributed by atoms with E-state index in [0.717, 1.165) is 29.5 Å². The van der Waals surface area contributed by atoms with E-state index in [1.54, 1.807) is 12.3 Å². The molecule has 1 aliphatic rings. The number of aromatic nitrogens is 1. The molecule has 0 saturated heterocycles. The molecule has 4 heteroatoms. The van der Waals surface area contributed by atoms with Gasteiger partial charge in [0.2, 0.25) is 0 Å². The maximum Gasteiger partial charge on any atom is 1.00 e. The Kier molecular flexibility index (Phi) is 4.45. The van der Waals surface area contributed by atoms with E-state index < -0.39 is 0 Å². The summed E-state index contributed by atoms with van der Waals surface area (Å²) in [5, 5.41) is 9.92. The molecule has 1 fully saturated rings. The number of hydrogen-bond donors (Lipinski definition) is 2. The number of phenols is 1. The molecule has 18 heavy (non-hydrogen) atoms. The molecule has 1 saturated carbocycles. The fourth-order valence-electron chi connectivity index (χ4n) is 2.23. The molecular weight excluding hydrogens is 251 g/mol. The van der Waals surface area contributed by atoms with Crippen LogP contribution in [0.4, 0.5) is 5.82 Å².